The third-order valence-corrected chi connectivity index (χ3v) is 2.56. The highest BCUT2D eigenvalue weighted by molar-refractivity contribution is 5.74. The second-order valence-electron chi connectivity index (χ2n) is 3.27. The molecule has 1 aliphatic heterocycles. The van der Waals surface area contributed by atoms with E-state index in [1.54, 1.807) is 0 Å². The molecule has 1 rings (SSSR count). The smallest absolute Gasteiger partial charge is 0.320 e. The Bertz CT molecular complexity index is 158. The molecule has 0 bridgehead atoms. The second kappa shape index (κ2) is 3.22. The quantitative estimate of drug-likeness (QED) is 0.620. The van der Waals surface area contributed by atoms with Gasteiger partial charge in [-0.2, -0.15) is 0 Å². The third-order valence-electron chi connectivity index (χ3n) is 2.56. The van der Waals surface area contributed by atoms with Crippen LogP contribution in [0.1, 0.15) is 20.3 Å². The zero-order valence-corrected chi connectivity index (χ0v) is 7.00. The molecule has 3 atom stereocenters. The number of carbonyl (C=O) groups is 1. The molecular formula is C8H15NO2. The van der Waals surface area contributed by atoms with E-state index in [9.17, 15) is 4.79 Å². The van der Waals surface area contributed by atoms with Crippen LogP contribution < -0.4 is 5.32 Å². The van der Waals surface area contributed by atoms with Crippen molar-refractivity contribution in [2.45, 2.75) is 26.3 Å². The van der Waals surface area contributed by atoms with Gasteiger partial charge in [0.15, 0.2) is 0 Å². The molecular weight excluding hydrogens is 142 g/mol. The molecule has 0 spiro atoms. The highest BCUT2D eigenvalue weighted by Gasteiger charge is 2.36. The fourth-order valence-electron chi connectivity index (χ4n) is 1.85. The summed E-state index contributed by atoms with van der Waals surface area (Å²) in [6, 6.07) is -0.310. The standard InChI is InChI=1S/C8H15NO2/c1-3-6-5(2)4-9-7(6)8(10)11/h5-7,9H,3-4H2,1-2H3,(H,10,11)/t5-,6-,7-/m0/s1. The van der Waals surface area contributed by atoms with Gasteiger partial charge in [-0.25, -0.2) is 0 Å². The first-order valence-corrected chi connectivity index (χ1v) is 4.13. The van der Waals surface area contributed by atoms with Gasteiger partial charge in [-0.1, -0.05) is 20.3 Å². The summed E-state index contributed by atoms with van der Waals surface area (Å²) < 4.78 is 0. The molecule has 0 radical (unpaired) electrons. The van der Waals surface area contributed by atoms with Crippen LogP contribution in [0.2, 0.25) is 0 Å². The van der Waals surface area contributed by atoms with Crippen LogP contribution in [0.25, 0.3) is 0 Å². The van der Waals surface area contributed by atoms with E-state index in [0.717, 1.165) is 13.0 Å². The molecule has 0 saturated carbocycles. The van der Waals surface area contributed by atoms with E-state index in [2.05, 4.69) is 12.2 Å². The lowest BCUT2D eigenvalue weighted by molar-refractivity contribution is -0.140. The van der Waals surface area contributed by atoms with Crippen LogP contribution in [0.5, 0.6) is 0 Å². The van der Waals surface area contributed by atoms with Crippen molar-refractivity contribution >= 4 is 5.97 Å². The van der Waals surface area contributed by atoms with Gasteiger partial charge in [0, 0.05) is 0 Å². The number of carboxylic acids is 1. The number of aliphatic carboxylic acids is 1. The number of carboxylic acid groups (broad SMARTS) is 1. The van der Waals surface area contributed by atoms with Gasteiger partial charge in [-0.3, -0.25) is 4.79 Å². The van der Waals surface area contributed by atoms with Crippen molar-refractivity contribution in [2.75, 3.05) is 6.54 Å². The molecule has 64 valence electrons. The molecule has 3 nitrogen and oxygen atoms in total. The van der Waals surface area contributed by atoms with E-state index < -0.39 is 5.97 Å². The Morgan fingerprint density at radius 3 is 2.73 bits per heavy atom. The Morgan fingerprint density at radius 1 is 1.73 bits per heavy atom. The Labute approximate surface area is 66.8 Å². The second-order valence-corrected chi connectivity index (χ2v) is 3.27. The minimum Gasteiger partial charge on any atom is -0.480 e. The summed E-state index contributed by atoms with van der Waals surface area (Å²) in [5.74, 6) is 0.106. The summed E-state index contributed by atoms with van der Waals surface area (Å²) in [4.78, 5) is 10.7. The van der Waals surface area contributed by atoms with Crippen molar-refractivity contribution in [1.29, 1.82) is 0 Å². The average molecular weight is 157 g/mol. The van der Waals surface area contributed by atoms with Crippen molar-refractivity contribution in [2.24, 2.45) is 11.8 Å². The van der Waals surface area contributed by atoms with Crippen molar-refractivity contribution in [3.63, 3.8) is 0 Å². The maximum Gasteiger partial charge on any atom is 0.320 e. The lowest BCUT2D eigenvalue weighted by atomic mass is 9.90. The Kier molecular flexibility index (Phi) is 2.49. The van der Waals surface area contributed by atoms with Gasteiger partial charge in [-0.05, 0) is 18.4 Å². The lowest BCUT2D eigenvalue weighted by Gasteiger charge is -2.15. The maximum absolute atomic E-state index is 10.7. The first-order valence-electron chi connectivity index (χ1n) is 4.13. The molecule has 1 saturated heterocycles. The van der Waals surface area contributed by atoms with E-state index in [0.29, 0.717) is 11.8 Å². The molecule has 0 aliphatic carbocycles. The number of hydrogen-bond acceptors (Lipinski definition) is 2. The van der Waals surface area contributed by atoms with Crippen LogP contribution in [0.3, 0.4) is 0 Å². The first kappa shape index (κ1) is 8.53. The summed E-state index contributed by atoms with van der Waals surface area (Å²) in [5, 5.41) is 11.8. The van der Waals surface area contributed by atoms with Crippen LogP contribution in [0, 0.1) is 11.8 Å². The molecule has 0 aromatic carbocycles. The summed E-state index contributed by atoms with van der Waals surface area (Å²) in [7, 11) is 0. The molecule has 1 fully saturated rings. The van der Waals surface area contributed by atoms with Gasteiger partial charge < -0.3 is 10.4 Å². The van der Waals surface area contributed by atoms with Crippen LogP contribution in [0.15, 0.2) is 0 Å². The average Bonchev–Trinajstić information content (AvgIpc) is 2.30. The Balaban J connectivity index is 2.61. The van der Waals surface area contributed by atoms with Crippen LogP contribution in [-0.2, 0) is 4.79 Å². The van der Waals surface area contributed by atoms with Crippen molar-refractivity contribution in [1.82, 2.24) is 5.32 Å². The van der Waals surface area contributed by atoms with Gasteiger partial charge in [-0.15, -0.1) is 0 Å². The van der Waals surface area contributed by atoms with Crippen molar-refractivity contribution < 1.29 is 9.90 Å². The van der Waals surface area contributed by atoms with Crippen molar-refractivity contribution in [3.8, 4) is 0 Å². The molecule has 2 N–H and O–H groups in total. The Morgan fingerprint density at radius 2 is 2.36 bits per heavy atom. The van der Waals surface area contributed by atoms with Crippen LogP contribution >= 0.6 is 0 Å². The molecule has 11 heavy (non-hydrogen) atoms. The molecule has 0 aromatic rings. The normalized spacial score (nSPS) is 37.5. The lowest BCUT2D eigenvalue weighted by Crippen LogP contribution is -2.35. The Hall–Kier alpha value is -0.570. The summed E-state index contributed by atoms with van der Waals surface area (Å²) >= 11 is 0. The maximum atomic E-state index is 10.7. The highest BCUT2D eigenvalue weighted by atomic mass is 16.4. The molecule has 0 aromatic heterocycles. The molecule has 1 aliphatic rings. The molecule has 1 heterocycles. The van der Waals surface area contributed by atoms with Crippen LogP contribution in [0.4, 0.5) is 0 Å². The zero-order valence-electron chi connectivity index (χ0n) is 7.00. The third kappa shape index (κ3) is 1.53. The fourth-order valence-corrected chi connectivity index (χ4v) is 1.85. The van der Waals surface area contributed by atoms with Gasteiger partial charge in [0.25, 0.3) is 0 Å². The SMILES string of the molecule is CC[C@@H]1[C@@H](C(=O)O)NC[C@@H]1C. The predicted molar refractivity (Wildman–Crippen MR) is 42.4 cm³/mol. The summed E-state index contributed by atoms with van der Waals surface area (Å²) in [5.41, 5.74) is 0. The number of rotatable bonds is 2. The van der Waals surface area contributed by atoms with Gasteiger partial charge in [0.05, 0.1) is 0 Å². The molecule has 0 unspecified atom stereocenters. The van der Waals surface area contributed by atoms with Crippen LogP contribution in [-0.4, -0.2) is 23.7 Å². The van der Waals surface area contributed by atoms with Crippen molar-refractivity contribution in [3.05, 3.63) is 0 Å². The minimum atomic E-state index is -0.707. The molecule has 0 amide bonds. The van der Waals surface area contributed by atoms with Gasteiger partial charge in [0.1, 0.15) is 6.04 Å². The van der Waals surface area contributed by atoms with E-state index in [1.165, 1.54) is 0 Å². The first-order chi connectivity index (χ1) is 5.16. The fraction of sp³-hybridized carbons (Fsp3) is 0.875. The highest BCUT2D eigenvalue weighted by Crippen LogP contribution is 2.24. The van der Waals surface area contributed by atoms with Gasteiger partial charge in [0.2, 0.25) is 0 Å². The van der Waals surface area contributed by atoms with Gasteiger partial charge >= 0.3 is 5.97 Å². The predicted octanol–water partition coefficient (Wildman–Crippen LogP) is 0.705. The largest absolute Gasteiger partial charge is 0.480 e. The topological polar surface area (TPSA) is 49.3 Å². The monoisotopic (exact) mass is 157 g/mol. The number of hydrogen-bond donors (Lipinski definition) is 2. The summed E-state index contributed by atoms with van der Waals surface area (Å²) in [6.45, 7) is 4.99. The van der Waals surface area contributed by atoms with E-state index >= 15 is 0 Å². The molecule has 3 heteroatoms. The zero-order chi connectivity index (χ0) is 8.43. The number of nitrogens with one attached hydrogen (secondary N) is 1. The minimum absolute atomic E-state index is 0.310. The van der Waals surface area contributed by atoms with E-state index in [-0.39, 0.29) is 6.04 Å². The van der Waals surface area contributed by atoms with E-state index in [4.69, 9.17) is 5.11 Å². The summed E-state index contributed by atoms with van der Waals surface area (Å²) in [6.07, 6.45) is 0.950. The van der Waals surface area contributed by atoms with E-state index in [1.807, 2.05) is 6.92 Å².